The van der Waals surface area contributed by atoms with Crippen LogP contribution in [-0.2, 0) is 6.54 Å². The average molecular weight is 524 g/mol. The van der Waals surface area contributed by atoms with E-state index in [4.69, 9.17) is 4.42 Å². The second-order valence-corrected chi connectivity index (χ2v) is 9.93. The van der Waals surface area contributed by atoms with Gasteiger partial charge in [0, 0.05) is 37.1 Å². The maximum absolute atomic E-state index is 13.6. The highest BCUT2D eigenvalue weighted by atomic mass is 16.3. The van der Waals surface area contributed by atoms with E-state index in [1.807, 2.05) is 56.3 Å². The van der Waals surface area contributed by atoms with Gasteiger partial charge in [0.15, 0.2) is 11.6 Å². The molecule has 0 bridgehead atoms. The lowest BCUT2D eigenvalue weighted by molar-refractivity contribution is 0.0558. The second kappa shape index (κ2) is 10.3. The predicted octanol–water partition coefficient (Wildman–Crippen LogP) is 3.32. The van der Waals surface area contributed by atoms with E-state index < -0.39 is 6.04 Å². The molecular weight excluding hydrogens is 494 g/mol. The molecule has 1 amide bonds. The van der Waals surface area contributed by atoms with E-state index in [1.54, 1.807) is 21.7 Å². The van der Waals surface area contributed by atoms with Crippen LogP contribution < -0.4 is 5.56 Å². The summed E-state index contributed by atoms with van der Waals surface area (Å²) in [6.45, 7) is 6.56. The van der Waals surface area contributed by atoms with Crippen molar-refractivity contribution in [3.8, 4) is 0 Å². The van der Waals surface area contributed by atoms with Crippen molar-refractivity contribution >= 4 is 16.8 Å². The first kappa shape index (κ1) is 24.7. The Hall–Kier alpha value is -4.57. The van der Waals surface area contributed by atoms with Gasteiger partial charge in [-0.15, -0.1) is 5.10 Å². The van der Waals surface area contributed by atoms with Crippen LogP contribution in [0.4, 0.5) is 0 Å². The van der Waals surface area contributed by atoms with Crippen LogP contribution in [0, 0.1) is 13.8 Å². The molecule has 3 aromatic heterocycles. The normalized spacial score (nSPS) is 15.1. The number of nitrogens with one attached hydrogen (secondary N) is 1. The van der Waals surface area contributed by atoms with Gasteiger partial charge in [0.2, 0.25) is 0 Å². The number of amides is 1. The minimum Gasteiger partial charge on any atom is -0.459 e. The predicted molar refractivity (Wildman–Crippen MR) is 145 cm³/mol. The SMILES string of the molecule is Cc1ccc(C)c2[nH]c(=O)c(C(c3nnnn3Cc3ccccc3)N3CCN(C(=O)c4ccco4)CC3)cc12. The van der Waals surface area contributed by atoms with Crippen LogP contribution in [0.2, 0.25) is 0 Å². The molecule has 10 heteroatoms. The number of pyridine rings is 1. The highest BCUT2D eigenvalue weighted by Gasteiger charge is 2.34. The molecule has 39 heavy (non-hydrogen) atoms. The van der Waals surface area contributed by atoms with Crippen molar-refractivity contribution in [2.45, 2.75) is 26.4 Å². The molecule has 0 saturated carbocycles. The number of piperazine rings is 1. The number of nitrogens with zero attached hydrogens (tertiary/aromatic N) is 6. The number of furan rings is 1. The molecule has 0 aliphatic carbocycles. The van der Waals surface area contributed by atoms with Crippen molar-refractivity contribution in [1.82, 2.24) is 35.0 Å². The van der Waals surface area contributed by atoms with E-state index in [2.05, 4.69) is 31.5 Å². The maximum Gasteiger partial charge on any atom is 0.289 e. The summed E-state index contributed by atoms with van der Waals surface area (Å²) in [7, 11) is 0. The Kier molecular flexibility index (Phi) is 6.54. The number of aryl methyl sites for hydroxylation is 2. The van der Waals surface area contributed by atoms with Crippen LogP contribution in [-0.4, -0.2) is 67.1 Å². The van der Waals surface area contributed by atoms with Gasteiger partial charge in [0.05, 0.1) is 18.3 Å². The zero-order valence-electron chi connectivity index (χ0n) is 21.9. The number of tetrazole rings is 1. The summed E-state index contributed by atoms with van der Waals surface area (Å²) >= 11 is 0. The molecule has 1 N–H and O–H groups in total. The van der Waals surface area contributed by atoms with Crippen molar-refractivity contribution in [2.24, 2.45) is 0 Å². The Bertz CT molecular complexity index is 1670. The Balaban J connectivity index is 1.40. The molecule has 0 spiro atoms. The third-order valence-electron chi connectivity index (χ3n) is 7.44. The lowest BCUT2D eigenvalue weighted by atomic mass is 9.99. The summed E-state index contributed by atoms with van der Waals surface area (Å²) < 4.78 is 7.08. The highest BCUT2D eigenvalue weighted by molar-refractivity contribution is 5.91. The van der Waals surface area contributed by atoms with Crippen molar-refractivity contribution < 1.29 is 9.21 Å². The lowest BCUT2D eigenvalue weighted by Gasteiger charge is -2.38. The molecule has 1 aliphatic heterocycles. The van der Waals surface area contributed by atoms with Gasteiger partial charge in [-0.2, -0.15) is 0 Å². The molecule has 1 aliphatic rings. The number of aromatic amines is 1. The Morgan fingerprint density at radius 1 is 1.00 bits per heavy atom. The summed E-state index contributed by atoms with van der Waals surface area (Å²) in [6.07, 6.45) is 1.50. The van der Waals surface area contributed by atoms with Crippen LogP contribution >= 0.6 is 0 Å². The van der Waals surface area contributed by atoms with Gasteiger partial charge in [-0.3, -0.25) is 14.5 Å². The molecule has 0 radical (unpaired) electrons. The first-order valence-electron chi connectivity index (χ1n) is 13.0. The van der Waals surface area contributed by atoms with E-state index in [0.29, 0.717) is 49.9 Å². The van der Waals surface area contributed by atoms with Crippen molar-refractivity contribution in [2.75, 3.05) is 26.2 Å². The van der Waals surface area contributed by atoms with Gasteiger partial charge in [0.1, 0.15) is 6.04 Å². The zero-order chi connectivity index (χ0) is 26.9. The van der Waals surface area contributed by atoms with Crippen LogP contribution in [0.15, 0.2) is 76.1 Å². The fourth-order valence-corrected chi connectivity index (χ4v) is 5.31. The van der Waals surface area contributed by atoms with Gasteiger partial charge in [-0.25, -0.2) is 4.68 Å². The summed E-state index contributed by atoms with van der Waals surface area (Å²) in [5.74, 6) is 0.767. The summed E-state index contributed by atoms with van der Waals surface area (Å²) in [6, 6.07) is 18.9. The molecule has 1 saturated heterocycles. The molecule has 2 aromatic carbocycles. The Morgan fingerprint density at radius 3 is 2.51 bits per heavy atom. The highest BCUT2D eigenvalue weighted by Crippen LogP contribution is 2.30. The summed E-state index contributed by atoms with van der Waals surface area (Å²) in [5, 5.41) is 13.7. The monoisotopic (exact) mass is 523 g/mol. The van der Waals surface area contributed by atoms with Gasteiger partial charge >= 0.3 is 0 Å². The fourth-order valence-electron chi connectivity index (χ4n) is 5.31. The number of hydrogen-bond acceptors (Lipinski definition) is 7. The first-order valence-corrected chi connectivity index (χ1v) is 13.0. The average Bonchev–Trinajstić information content (AvgIpc) is 3.65. The molecule has 10 nitrogen and oxygen atoms in total. The number of rotatable bonds is 6. The number of aromatic nitrogens is 5. The van der Waals surface area contributed by atoms with E-state index in [-0.39, 0.29) is 11.5 Å². The van der Waals surface area contributed by atoms with Crippen molar-refractivity contribution in [3.63, 3.8) is 0 Å². The van der Waals surface area contributed by atoms with Crippen LogP contribution in [0.5, 0.6) is 0 Å². The Morgan fingerprint density at radius 2 is 1.77 bits per heavy atom. The number of carbonyl (C=O) groups is 1. The number of hydrogen-bond donors (Lipinski definition) is 1. The van der Waals surface area contributed by atoms with Gasteiger partial charge in [-0.05, 0) is 59.2 Å². The molecule has 1 fully saturated rings. The third-order valence-corrected chi connectivity index (χ3v) is 7.44. The van der Waals surface area contributed by atoms with E-state index in [0.717, 1.165) is 27.6 Å². The van der Waals surface area contributed by atoms with Gasteiger partial charge in [0.25, 0.3) is 11.5 Å². The van der Waals surface area contributed by atoms with E-state index >= 15 is 0 Å². The largest absolute Gasteiger partial charge is 0.459 e. The Labute approximate surface area is 224 Å². The molecule has 1 atom stereocenters. The zero-order valence-corrected chi connectivity index (χ0v) is 21.9. The summed E-state index contributed by atoms with van der Waals surface area (Å²) in [4.78, 5) is 33.6. The van der Waals surface area contributed by atoms with Crippen LogP contribution in [0.1, 0.15) is 44.7 Å². The standard InChI is InChI=1S/C29H29N7O3/c1-19-10-11-20(2)25-22(19)17-23(28(37)30-25)26(27-31-32-33-36(27)18-21-7-4-3-5-8-21)34-12-14-35(15-13-34)29(38)24-9-6-16-39-24/h3-11,16-17,26H,12-15,18H2,1-2H3,(H,30,37). The lowest BCUT2D eigenvalue weighted by Crippen LogP contribution is -2.50. The first-order chi connectivity index (χ1) is 19.0. The van der Waals surface area contributed by atoms with Crippen LogP contribution in [0.3, 0.4) is 0 Å². The molecule has 1 unspecified atom stereocenters. The molecule has 5 aromatic rings. The van der Waals surface area contributed by atoms with Crippen molar-refractivity contribution in [3.05, 3.63) is 111 Å². The molecule has 6 rings (SSSR count). The molecule has 198 valence electrons. The smallest absolute Gasteiger partial charge is 0.289 e. The minimum absolute atomic E-state index is 0.139. The second-order valence-electron chi connectivity index (χ2n) is 9.93. The van der Waals surface area contributed by atoms with E-state index in [1.165, 1.54) is 6.26 Å². The van der Waals surface area contributed by atoms with Crippen molar-refractivity contribution in [1.29, 1.82) is 0 Å². The maximum atomic E-state index is 13.6. The molecular formula is C29H29N7O3. The number of H-pyrrole nitrogens is 1. The minimum atomic E-state index is -0.502. The number of carbonyl (C=O) groups excluding carboxylic acids is 1. The van der Waals surface area contributed by atoms with E-state index in [9.17, 15) is 9.59 Å². The quantitative estimate of drug-likeness (QED) is 0.363. The molecule has 4 heterocycles. The topological polar surface area (TPSA) is 113 Å². The van der Waals surface area contributed by atoms with Gasteiger partial charge in [-0.1, -0.05) is 42.5 Å². The van der Waals surface area contributed by atoms with Gasteiger partial charge < -0.3 is 14.3 Å². The van der Waals surface area contributed by atoms with Crippen LogP contribution in [0.25, 0.3) is 10.9 Å². The number of fused-ring (bicyclic) bond motifs is 1. The number of benzene rings is 2. The third kappa shape index (κ3) is 4.74. The summed E-state index contributed by atoms with van der Waals surface area (Å²) in [5.41, 5.74) is 4.37. The fraction of sp³-hybridized carbons (Fsp3) is 0.276.